The second-order valence-electron chi connectivity index (χ2n) is 13.2. The maximum Gasteiger partial charge on any atom is 0.243 e. The van der Waals surface area contributed by atoms with E-state index in [-0.39, 0.29) is 59.8 Å². The number of alkyl halides is 2. The molecule has 5 aliphatic rings. The lowest BCUT2D eigenvalue weighted by Crippen LogP contribution is -2.56. The lowest BCUT2D eigenvalue weighted by molar-refractivity contribution is -0.140. The highest BCUT2D eigenvalue weighted by Crippen LogP contribution is 2.64. The average Bonchev–Trinajstić information content (AvgIpc) is 3.50. The summed E-state index contributed by atoms with van der Waals surface area (Å²) in [5.74, 6) is 2.92. The zero-order valence-electron chi connectivity index (χ0n) is 23.7. The van der Waals surface area contributed by atoms with Crippen LogP contribution in [0.4, 0.5) is 0 Å². The Morgan fingerprint density at radius 3 is 2.54 bits per heavy atom. The predicted octanol–water partition coefficient (Wildman–Crippen LogP) is 4.99. The van der Waals surface area contributed by atoms with E-state index in [4.69, 9.17) is 23.2 Å². The number of aliphatic hydroxyl groups is 1. The molecule has 3 saturated carbocycles. The first kappa shape index (κ1) is 31.4. The minimum Gasteiger partial charge on any atom is -0.393 e. The summed E-state index contributed by atoms with van der Waals surface area (Å²) < 4.78 is 0. The zero-order chi connectivity index (χ0) is 27.1. The maximum absolute atomic E-state index is 13.6. The second-order valence-corrected chi connectivity index (χ2v) is 14.0. The number of likely N-dealkylation sites (tertiary alicyclic amines) is 1. The SMILES string of the molecule is CC12CCC(O)CC1=CCC1C2CCC2(C)C(NC(=O)C3CCCN3C(=O)CN(CCCl)CCCl)CCC12.Cl. The van der Waals surface area contributed by atoms with Gasteiger partial charge in [0.05, 0.1) is 12.6 Å². The van der Waals surface area contributed by atoms with E-state index in [0.717, 1.165) is 51.4 Å². The van der Waals surface area contributed by atoms with Gasteiger partial charge in [-0.25, -0.2) is 0 Å². The first-order chi connectivity index (χ1) is 18.2. The minimum atomic E-state index is -0.372. The molecule has 0 bridgehead atoms. The van der Waals surface area contributed by atoms with Gasteiger partial charge in [-0.3, -0.25) is 14.5 Å². The molecular formula is C30H48Cl3N3O3. The van der Waals surface area contributed by atoms with Crippen molar-refractivity contribution in [2.75, 3.05) is 37.9 Å². The molecule has 2 N–H and O–H groups in total. The summed E-state index contributed by atoms with van der Waals surface area (Å²) in [7, 11) is 0. The highest BCUT2D eigenvalue weighted by Gasteiger charge is 2.59. The Morgan fingerprint density at radius 1 is 1.08 bits per heavy atom. The summed E-state index contributed by atoms with van der Waals surface area (Å²) >= 11 is 11.8. The molecule has 0 aromatic heterocycles. The van der Waals surface area contributed by atoms with Crippen LogP contribution in [0.5, 0.6) is 0 Å². The fourth-order valence-corrected chi connectivity index (χ4v) is 9.75. The second kappa shape index (κ2) is 12.8. The van der Waals surface area contributed by atoms with Crippen LogP contribution < -0.4 is 5.32 Å². The van der Waals surface area contributed by atoms with Crippen molar-refractivity contribution in [3.63, 3.8) is 0 Å². The molecule has 6 nitrogen and oxygen atoms in total. The van der Waals surface area contributed by atoms with Crippen LogP contribution in [-0.4, -0.2) is 82.8 Å². The summed E-state index contributed by atoms with van der Waals surface area (Å²) in [5, 5.41) is 13.8. The fraction of sp³-hybridized carbons (Fsp3) is 0.867. The zero-order valence-corrected chi connectivity index (χ0v) is 26.0. The van der Waals surface area contributed by atoms with Crippen molar-refractivity contribution in [1.29, 1.82) is 0 Å². The Bertz CT molecular complexity index is 928. The molecule has 8 atom stereocenters. The standard InChI is InChI=1S/C30H47Cl2N3O3.ClH/c1-29-11-9-21(36)18-20(29)5-6-22-23-7-8-26(30(23,2)12-10-24(22)29)33-28(38)25-4-3-15-35(25)27(37)19-34(16-13-31)17-14-32;/h5,21-26,36H,3-4,6-19H2,1-2H3,(H,33,38);1H. The first-order valence-corrected chi connectivity index (χ1v) is 16.1. The number of allylic oxidation sites excluding steroid dienone is 1. The number of nitrogens with zero attached hydrogens (tertiary/aromatic N) is 2. The van der Waals surface area contributed by atoms with Gasteiger partial charge in [-0.15, -0.1) is 35.6 Å². The van der Waals surface area contributed by atoms with Gasteiger partial charge >= 0.3 is 0 Å². The van der Waals surface area contributed by atoms with Gasteiger partial charge in [-0.05, 0) is 92.8 Å². The van der Waals surface area contributed by atoms with Gasteiger partial charge in [0.2, 0.25) is 11.8 Å². The molecule has 0 spiro atoms. The molecule has 0 radical (unpaired) electrons. The third kappa shape index (κ3) is 5.89. The van der Waals surface area contributed by atoms with E-state index < -0.39 is 0 Å². The smallest absolute Gasteiger partial charge is 0.243 e. The summed E-state index contributed by atoms with van der Waals surface area (Å²) in [5.41, 5.74) is 1.85. The highest BCUT2D eigenvalue weighted by atomic mass is 35.5. The van der Waals surface area contributed by atoms with Crippen LogP contribution in [-0.2, 0) is 9.59 Å². The molecule has 9 heteroatoms. The molecule has 8 unspecified atom stereocenters. The molecule has 4 fully saturated rings. The van der Waals surface area contributed by atoms with Crippen molar-refractivity contribution in [3.8, 4) is 0 Å². The Kier molecular flexibility index (Phi) is 10.3. The quantitative estimate of drug-likeness (QED) is 0.303. The van der Waals surface area contributed by atoms with Gasteiger partial charge in [0.1, 0.15) is 6.04 Å². The van der Waals surface area contributed by atoms with E-state index in [9.17, 15) is 14.7 Å². The Hall–Kier alpha value is -0.530. The van der Waals surface area contributed by atoms with Gasteiger partial charge in [0.15, 0.2) is 0 Å². The number of aliphatic hydroxyl groups excluding tert-OH is 1. The van der Waals surface area contributed by atoms with E-state index in [1.165, 1.54) is 18.4 Å². The number of hydrogen-bond acceptors (Lipinski definition) is 4. The summed E-state index contributed by atoms with van der Waals surface area (Å²) in [6, 6.07) is -0.197. The number of carbonyl (C=O) groups is 2. The van der Waals surface area contributed by atoms with Crippen LogP contribution in [0.15, 0.2) is 11.6 Å². The summed E-state index contributed by atoms with van der Waals surface area (Å²) in [4.78, 5) is 30.6. The Morgan fingerprint density at radius 2 is 1.82 bits per heavy atom. The summed E-state index contributed by atoms with van der Waals surface area (Å²) in [6.45, 7) is 7.02. The van der Waals surface area contributed by atoms with Crippen molar-refractivity contribution in [1.82, 2.24) is 15.1 Å². The molecule has 222 valence electrons. The number of nitrogens with one attached hydrogen (secondary N) is 1. The van der Waals surface area contributed by atoms with Crippen LogP contribution in [0.3, 0.4) is 0 Å². The summed E-state index contributed by atoms with van der Waals surface area (Å²) in [6.07, 6.45) is 12.5. The Balaban J connectivity index is 0.00000353. The van der Waals surface area contributed by atoms with Gasteiger partial charge in [-0.1, -0.05) is 25.5 Å². The van der Waals surface area contributed by atoms with Crippen molar-refractivity contribution < 1.29 is 14.7 Å². The molecule has 0 aromatic carbocycles. The van der Waals surface area contributed by atoms with Gasteiger partial charge < -0.3 is 15.3 Å². The molecule has 0 aromatic rings. The van der Waals surface area contributed by atoms with E-state index >= 15 is 0 Å². The highest BCUT2D eigenvalue weighted by molar-refractivity contribution is 6.18. The van der Waals surface area contributed by atoms with Crippen molar-refractivity contribution in [3.05, 3.63) is 11.6 Å². The molecule has 1 heterocycles. The predicted molar refractivity (Wildman–Crippen MR) is 160 cm³/mol. The number of rotatable bonds is 8. The molecule has 1 saturated heterocycles. The van der Waals surface area contributed by atoms with Crippen LogP contribution in [0.25, 0.3) is 0 Å². The maximum atomic E-state index is 13.6. The molecule has 39 heavy (non-hydrogen) atoms. The van der Waals surface area contributed by atoms with Gasteiger partial charge in [0, 0.05) is 37.4 Å². The number of hydrogen-bond donors (Lipinski definition) is 2. The first-order valence-electron chi connectivity index (χ1n) is 15.0. The minimum absolute atomic E-state index is 0. The van der Waals surface area contributed by atoms with Gasteiger partial charge in [0.25, 0.3) is 0 Å². The third-order valence-electron chi connectivity index (χ3n) is 11.4. The number of halogens is 3. The lowest BCUT2D eigenvalue weighted by atomic mass is 9.48. The average molecular weight is 605 g/mol. The van der Waals surface area contributed by atoms with E-state index in [0.29, 0.717) is 49.1 Å². The third-order valence-corrected chi connectivity index (χ3v) is 11.8. The fourth-order valence-electron chi connectivity index (χ4n) is 9.28. The number of amides is 2. The Labute approximate surface area is 251 Å². The molecule has 2 amide bonds. The monoisotopic (exact) mass is 603 g/mol. The number of fused-ring (bicyclic) bond motifs is 5. The number of carbonyl (C=O) groups excluding carboxylic acids is 2. The van der Waals surface area contributed by atoms with Crippen molar-refractivity contribution in [2.24, 2.45) is 28.6 Å². The largest absolute Gasteiger partial charge is 0.393 e. The van der Waals surface area contributed by atoms with Crippen LogP contribution in [0.1, 0.15) is 78.1 Å². The van der Waals surface area contributed by atoms with Crippen LogP contribution in [0.2, 0.25) is 0 Å². The normalized spacial score (nSPS) is 39.3. The van der Waals surface area contributed by atoms with Gasteiger partial charge in [-0.2, -0.15) is 0 Å². The van der Waals surface area contributed by atoms with E-state index in [1.54, 1.807) is 4.90 Å². The van der Waals surface area contributed by atoms with Crippen molar-refractivity contribution in [2.45, 2.75) is 96.2 Å². The van der Waals surface area contributed by atoms with Crippen LogP contribution >= 0.6 is 35.6 Å². The van der Waals surface area contributed by atoms with E-state index in [2.05, 4.69) is 25.2 Å². The molecule has 5 rings (SSSR count). The van der Waals surface area contributed by atoms with Crippen molar-refractivity contribution >= 4 is 47.4 Å². The van der Waals surface area contributed by atoms with Crippen LogP contribution in [0, 0.1) is 28.6 Å². The van der Waals surface area contributed by atoms with E-state index in [1.807, 2.05) is 4.90 Å². The molecule has 4 aliphatic carbocycles. The lowest BCUT2D eigenvalue weighted by Gasteiger charge is -2.58. The topological polar surface area (TPSA) is 72.9 Å². The molecule has 1 aliphatic heterocycles. The molecular weight excluding hydrogens is 557 g/mol.